The number of benzene rings is 1. The second-order valence-corrected chi connectivity index (χ2v) is 5.24. The molecule has 1 aromatic rings. The average Bonchev–Trinajstić information content (AvgIpc) is 2.40. The lowest BCUT2D eigenvalue weighted by Gasteiger charge is -2.38. The van der Waals surface area contributed by atoms with Crippen molar-refractivity contribution in [1.29, 1.82) is 0 Å². The fourth-order valence-electron chi connectivity index (χ4n) is 2.67. The summed E-state index contributed by atoms with van der Waals surface area (Å²) in [4.78, 5) is 13.9. The van der Waals surface area contributed by atoms with Crippen molar-refractivity contribution in [2.75, 3.05) is 18.0 Å². The van der Waals surface area contributed by atoms with E-state index in [2.05, 4.69) is 5.32 Å². The van der Waals surface area contributed by atoms with E-state index >= 15 is 0 Å². The van der Waals surface area contributed by atoms with Crippen LogP contribution in [-0.2, 0) is 4.79 Å². The van der Waals surface area contributed by atoms with Crippen LogP contribution < -0.4 is 10.2 Å². The second kappa shape index (κ2) is 5.79. The third-order valence-corrected chi connectivity index (χ3v) is 3.78. The van der Waals surface area contributed by atoms with Crippen LogP contribution in [0, 0.1) is 12.7 Å². The molecule has 110 valence electrons. The Balaban J connectivity index is 2.49. The van der Waals surface area contributed by atoms with Crippen LogP contribution >= 0.6 is 0 Å². The minimum absolute atomic E-state index is 0.0164. The molecule has 2 rings (SSSR count). The van der Waals surface area contributed by atoms with Crippen LogP contribution in [0.3, 0.4) is 0 Å². The lowest BCUT2D eigenvalue weighted by molar-refractivity contribution is -0.123. The number of aryl methyl sites for hydroxylation is 1. The van der Waals surface area contributed by atoms with Crippen molar-refractivity contribution in [3.05, 3.63) is 29.1 Å². The maximum atomic E-state index is 13.7. The first kappa shape index (κ1) is 14.8. The minimum Gasteiger partial charge on any atom is -0.389 e. The molecular formula is C15H21FN2O2. The molecule has 5 heteroatoms. The first-order valence-electron chi connectivity index (χ1n) is 6.98. The molecule has 1 saturated heterocycles. The molecule has 0 saturated carbocycles. The predicted octanol–water partition coefficient (Wildman–Crippen LogP) is 1.90. The number of anilines is 1. The standard InChI is InChI=1S/C15H21FN2O2/c1-4-13-15(20)17-5-6-18(13)14-7-9(2)12(16)8-11(14)10(3)19/h7-8,10,13,19H,4-6H2,1-3H3,(H,17,20)/t10-,13?/m0/s1. The first-order valence-corrected chi connectivity index (χ1v) is 6.98. The number of aliphatic hydroxyl groups excluding tert-OH is 1. The Morgan fingerprint density at radius 3 is 2.85 bits per heavy atom. The van der Waals surface area contributed by atoms with E-state index in [-0.39, 0.29) is 17.8 Å². The molecule has 1 fully saturated rings. The van der Waals surface area contributed by atoms with Gasteiger partial charge >= 0.3 is 0 Å². The van der Waals surface area contributed by atoms with Gasteiger partial charge in [0, 0.05) is 24.3 Å². The molecule has 1 aliphatic heterocycles. The SMILES string of the molecule is CCC1C(=O)NCCN1c1cc(C)c(F)cc1[C@H](C)O. The number of nitrogens with zero attached hydrogens (tertiary/aromatic N) is 1. The normalized spacial score (nSPS) is 20.8. The van der Waals surface area contributed by atoms with E-state index in [4.69, 9.17) is 0 Å². The van der Waals surface area contributed by atoms with E-state index in [0.717, 1.165) is 5.69 Å². The van der Waals surface area contributed by atoms with Gasteiger partial charge in [-0.1, -0.05) is 6.92 Å². The van der Waals surface area contributed by atoms with Crippen molar-refractivity contribution in [3.63, 3.8) is 0 Å². The van der Waals surface area contributed by atoms with E-state index in [1.54, 1.807) is 19.9 Å². The van der Waals surface area contributed by atoms with E-state index in [1.807, 2.05) is 11.8 Å². The maximum absolute atomic E-state index is 13.7. The lowest BCUT2D eigenvalue weighted by atomic mass is 10.0. The van der Waals surface area contributed by atoms with Gasteiger partial charge in [-0.2, -0.15) is 0 Å². The summed E-state index contributed by atoms with van der Waals surface area (Å²) >= 11 is 0. The third kappa shape index (κ3) is 2.63. The number of rotatable bonds is 3. The maximum Gasteiger partial charge on any atom is 0.242 e. The first-order chi connectivity index (χ1) is 9.45. The molecule has 0 spiro atoms. The van der Waals surface area contributed by atoms with Crippen molar-refractivity contribution in [1.82, 2.24) is 5.32 Å². The highest BCUT2D eigenvalue weighted by atomic mass is 19.1. The van der Waals surface area contributed by atoms with Gasteiger partial charge in [0.1, 0.15) is 11.9 Å². The van der Waals surface area contributed by atoms with Gasteiger partial charge in [0.25, 0.3) is 0 Å². The number of halogens is 1. The molecule has 0 bridgehead atoms. The van der Waals surface area contributed by atoms with Crippen LogP contribution in [0.25, 0.3) is 0 Å². The molecule has 1 heterocycles. The molecule has 2 atom stereocenters. The fraction of sp³-hybridized carbons (Fsp3) is 0.533. The summed E-state index contributed by atoms with van der Waals surface area (Å²) in [6.07, 6.45) is -0.107. The van der Waals surface area contributed by atoms with Crippen molar-refractivity contribution in [2.24, 2.45) is 0 Å². The molecule has 4 nitrogen and oxygen atoms in total. The van der Waals surface area contributed by atoms with Gasteiger partial charge in [-0.15, -0.1) is 0 Å². The molecule has 20 heavy (non-hydrogen) atoms. The highest BCUT2D eigenvalue weighted by molar-refractivity contribution is 5.87. The number of aliphatic hydroxyl groups is 1. The molecule has 1 amide bonds. The van der Waals surface area contributed by atoms with Crippen LogP contribution in [0.5, 0.6) is 0 Å². The Morgan fingerprint density at radius 1 is 1.55 bits per heavy atom. The summed E-state index contributed by atoms with van der Waals surface area (Å²) in [5.74, 6) is -0.351. The van der Waals surface area contributed by atoms with Crippen molar-refractivity contribution in [2.45, 2.75) is 39.3 Å². The number of carbonyl (C=O) groups is 1. The Morgan fingerprint density at radius 2 is 2.25 bits per heavy atom. The minimum atomic E-state index is -0.775. The monoisotopic (exact) mass is 280 g/mol. The summed E-state index contributed by atoms with van der Waals surface area (Å²) in [6, 6.07) is 2.82. The molecule has 0 radical (unpaired) electrons. The zero-order chi connectivity index (χ0) is 14.9. The second-order valence-electron chi connectivity index (χ2n) is 5.24. The van der Waals surface area contributed by atoms with Crippen LogP contribution in [0.4, 0.5) is 10.1 Å². The quantitative estimate of drug-likeness (QED) is 0.889. The number of nitrogens with one attached hydrogen (secondary N) is 1. The van der Waals surface area contributed by atoms with Crippen LogP contribution in [0.15, 0.2) is 12.1 Å². The summed E-state index contributed by atoms with van der Waals surface area (Å²) < 4.78 is 13.7. The summed E-state index contributed by atoms with van der Waals surface area (Å²) in [5.41, 5.74) is 1.80. The van der Waals surface area contributed by atoms with E-state index < -0.39 is 6.10 Å². The largest absolute Gasteiger partial charge is 0.389 e. The fourth-order valence-corrected chi connectivity index (χ4v) is 2.67. The van der Waals surface area contributed by atoms with Gasteiger partial charge in [0.2, 0.25) is 5.91 Å². The molecule has 0 aromatic heterocycles. The van der Waals surface area contributed by atoms with Crippen LogP contribution in [0.2, 0.25) is 0 Å². The van der Waals surface area contributed by atoms with Crippen LogP contribution in [0.1, 0.15) is 37.5 Å². The number of amides is 1. The van der Waals surface area contributed by atoms with Crippen molar-refractivity contribution >= 4 is 11.6 Å². The molecule has 1 unspecified atom stereocenters. The van der Waals surface area contributed by atoms with Gasteiger partial charge in [-0.3, -0.25) is 4.79 Å². The number of hydrogen-bond acceptors (Lipinski definition) is 3. The average molecular weight is 280 g/mol. The van der Waals surface area contributed by atoms with Crippen LogP contribution in [-0.4, -0.2) is 30.1 Å². The zero-order valence-electron chi connectivity index (χ0n) is 12.1. The third-order valence-electron chi connectivity index (χ3n) is 3.78. The number of hydrogen-bond donors (Lipinski definition) is 2. The highest BCUT2D eigenvalue weighted by Crippen LogP contribution is 2.31. The number of carbonyl (C=O) groups excluding carboxylic acids is 1. The zero-order valence-corrected chi connectivity index (χ0v) is 12.1. The topological polar surface area (TPSA) is 52.6 Å². The summed E-state index contributed by atoms with van der Waals surface area (Å²) in [6.45, 7) is 6.47. The Hall–Kier alpha value is -1.62. The molecule has 1 aliphatic rings. The lowest BCUT2D eigenvalue weighted by Crippen LogP contribution is -2.55. The van der Waals surface area contributed by atoms with Crippen molar-refractivity contribution in [3.8, 4) is 0 Å². The van der Waals surface area contributed by atoms with Crippen molar-refractivity contribution < 1.29 is 14.3 Å². The van der Waals surface area contributed by atoms with Gasteiger partial charge in [-0.05, 0) is 38.0 Å². The molecule has 0 aliphatic carbocycles. The van der Waals surface area contributed by atoms with E-state index in [9.17, 15) is 14.3 Å². The number of piperazine rings is 1. The van der Waals surface area contributed by atoms with E-state index in [0.29, 0.717) is 30.6 Å². The van der Waals surface area contributed by atoms with Gasteiger partial charge < -0.3 is 15.3 Å². The van der Waals surface area contributed by atoms with E-state index in [1.165, 1.54) is 6.07 Å². The van der Waals surface area contributed by atoms with Gasteiger partial charge in [-0.25, -0.2) is 4.39 Å². The highest BCUT2D eigenvalue weighted by Gasteiger charge is 2.30. The molecular weight excluding hydrogens is 259 g/mol. The Kier molecular flexibility index (Phi) is 4.28. The molecule has 2 N–H and O–H groups in total. The van der Waals surface area contributed by atoms with Gasteiger partial charge in [0.05, 0.1) is 6.10 Å². The van der Waals surface area contributed by atoms with Gasteiger partial charge in [0.15, 0.2) is 0 Å². The Bertz CT molecular complexity index is 517. The summed E-state index contributed by atoms with van der Waals surface area (Å²) in [7, 11) is 0. The predicted molar refractivity (Wildman–Crippen MR) is 76.2 cm³/mol. The smallest absolute Gasteiger partial charge is 0.242 e. The summed E-state index contributed by atoms with van der Waals surface area (Å²) in [5, 5.41) is 12.7. The Labute approximate surface area is 118 Å². The molecule has 1 aromatic carbocycles.